The number of rotatable bonds is 9. The molecule has 2 nitrogen and oxygen atoms in total. The zero-order valence-corrected chi connectivity index (χ0v) is 30.6. The van der Waals surface area contributed by atoms with Crippen molar-refractivity contribution in [3.05, 3.63) is 216 Å². The second kappa shape index (κ2) is 14.6. The second-order valence-electron chi connectivity index (χ2n) is 13.8. The average Bonchev–Trinajstić information content (AvgIpc) is 3.54. The predicted octanol–water partition coefficient (Wildman–Crippen LogP) is 13.5. The summed E-state index contributed by atoms with van der Waals surface area (Å²) in [5, 5.41) is 2.48. The molecule has 0 bridgehead atoms. The number of aliphatic imine (C=N–C) groups is 1. The zero-order valence-electron chi connectivity index (χ0n) is 30.6. The van der Waals surface area contributed by atoms with E-state index in [0.717, 1.165) is 39.4 Å². The first-order chi connectivity index (χ1) is 26.0. The molecule has 0 saturated carbocycles. The molecular formula is C51H42N2. The zero-order chi connectivity index (χ0) is 36.3. The van der Waals surface area contributed by atoms with E-state index in [2.05, 4.69) is 202 Å². The van der Waals surface area contributed by atoms with Crippen molar-refractivity contribution in [1.29, 1.82) is 0 Å². The molecule has 0 radical (unpaired) electrons. The lowest BCUT2D eigenvalue weighted by atomic mass is 9.84. The fraction of sp³-hybridized carbons (Fsp3) is 0.0784. The highest BCUT2D eigenvalue weighted by molar-refractivity contribution is 6.11. The lowest BCUT2D eigenvalue weighted by Crippen LogP contribution is -2.03. The van der Waals surface area contributed by atoms with Crippen molar-refractivity contribution in [1.82, 2.24) is 4.57 Å². The Labute approximate surface area is 312 Å². The van der Waals surface area contributed by atoms with E-state index < -0.39 is 0 Å². The van der Waals surface area contributed by atoms with Crippen LogP contribution in [0.1, 0.15) is 36.1 Å². The van der Waals surface area contributed by atoms with Gasteiger partial charge in [-0.3, -0.25) is 4.99 Å². The van der Waals surface area contributed by atoms with Gasteiger partial charge in [0.2, 0.25) is 0 Å². The summed E-state index contributed by atoms with van der Waals surface area (Å²) in [6.07, 6.45) is 0.679. The van der Waals surface area contributed by atoms with Crippen LogP contribution in [0.2, 0.25) is 0 Å². The molecule has 1 aromatic heterocycles. The Kier molecular flexibility index (Phi) is 9.27. The first kappa shape index (κ1) is 33.6. The summed E-state index contributed by atoms with van der Waals surface area (Å²) in [4.78, 5) is 5.36. The molecule has 0 unspecified atom stereocenters. The molecule has 0 fully saturated rings. The molecule has 0 spiro atoms. The largest absolute Gasteiger partial charge is 0.309 e. The molecule has 256 valence electrons. The maximum Gasteiger partial charge on any atom is 0.0743 e. The Morgan fingerprint density at radius 2 is 1.17 bits per heavy atom. The van der Waals surface area contributed by atoms with Gasteiger partial charge in [0.1, 0.15) is 0 Å². The van der Waals surface area contributed by atoms with Gasteiger partial charge in [0.05, 0.1) is 16.7 Å². The molecule has 1 heterocycles. The molecule has 0 aliphatic heterocycles. The highest BCUT2D eigenvalue weighted by atomic mass is 15.0. The highest BCUT2D eigenvalue weighted by Crippen LogP contribution is 2.42. The molecule has 0 N–H and O–H groups in total. The number of aromatic nitrogens is 1. The molecule has 7 aromatic carbocycles. The Hall–Kier alpha value is -6.51. The average molecular weight is 683 g/mol. The van der Waals surface area contributed by atoms with Crippen LogP contribution in [0.3, 0.4) is 0 Å². The van der Waals surface area contributed by atoms with Crippen molar-refractivity contribution in [3.8, 4) is 27.9 Å². The van der Waals surface area contributed by atoms with Crippen LogP contribution in [0, 0.1) is 6.92 Å². The summed E-state index contributed by atoms with van der Waals surface area (Å²) in [5.74, 6) is 0. The fourth-order valence-electron chi connectivity index (χ4n) is 7.60. The molecule has 8 aromatic rings. The van der Waals surface area contributed by atoms with Crippen LogP contribution >= 0.6 is 0 Å². The topological polar surface area (TPSA) is 17.3 Å². The van der Waals surface area contributed by atoms with Gasteiger partial charge in [0.15, 0.2) is 0 Å². The van der Waals surface area contributed by atoms with Gasteiger partial charge in [-0.2, -0.15) is 0 Å². The molecule has 8 rings (SSSR count). The predicted molar refractivity (Wildman–Crippen MR) is 227 cm³/mol. The van der Waals surface area contributed by atoms with Gasteiger partial charge in [-0.15, -0.1) is 0 Å². The van der Waals surface area contributed by atoms with Crippen LogP contribution < -0.4 is 0 Å². The van der Waals surface area contributed by atoms with Gasteiger partial charge in [-0.1, -0.05) is 158 Å². The molecular weight excluding hydrogens is 641 g/mol. The minimum absolute atomic E-state index is 0.679. The first-order valence-electron chi connectivity index (χ1n) is 18.3. The minimum atomic E-state index is 0.679. The fourth-order valence-corrected chi connectivity index (χ4v) is 7.60. The lowest BCUT2D eigenvalue weighted by molar-refractivity contribution is 1.14. The number of aryl methyl sites for hydroxylation is 1. The lowest BCUT2D eigenvalue weighted by Gasteiger charge is -2.20. The SMILES string of the molecule is C=C(C)/C(Cc1cccc(-c2ccc3c(c2)c2ccccc2n3-c2ccccc2)c1-c1ccccc1C)=C(\N=C(C)c1ccccc1)c1ccccc1. The van der Waals surface area contributed by atoms with Crippen LogP contribution in [-0.2, 0) is 6.42 Å². The number of benzene rings is 7. The van der Waals surface area contributed by atoms with Crippen LogP contribution in [0.25, 0.3) is 55.4 Å². The normalized spacial score (nSPS) is 12.2. The van der Waals surface area contributed by atoms with Gasteiger partial charge in [-0.05, 0) is 95.6 Å². The van der Waals surface area contributed by atoms with Gasteiger partial charge in [0.25, 0.3) is 0 Å². The maximum absolute atomic E-state index is 5.36. The number of para-hydroxylation sites is 2. The van der Waals surface area contributed by atoms with E-state index in [4.69, 9.17) is 4.99 Å². The Morgan fingerprint density at radius 3 is 1.89 bits per heavy atom. The van der Waals surface area contributed by atoms with E-state index in [1.54, 1.807) is 0 Å². The van der Waals surface area contributed by atoms with Crippen molar-refractivity contribution in [2.45, 2.75) is 27.2 Å². The maximum atomic E-state index is 5.36. The van der Waals surface area contributed by atoms with E-state index in [9.17, 15) is 0 Å². The minimum Gasteiger partial charge on any atom is -0.309 e. The van der Waals surface area contributed by atoms with E-state index >= 15 is 0 Å². The Bertz CT molecular complexity index is 2660. The number of fused-ring (bicyclic) bond motifs is 3. The monoisotopic (exact) mass is 682 g/mol. The Morgan fingerprint density at radius 1 is 0.566 bits per heavy atom. The second-order valence-corrected chi connectivity index (χ2v) is 13.8. The number of hydrogen-bond donors (Lipinski definition) is 0. The third-order valence-electron chi connectivity index (χ3n) is 10.2. The standard InChI is InChI=1S/C51H42N2/c1-35(2)46(51(39-22-10-6-11-23-39)52-37(4)38-20-8-5-9-21-38)34-41-24-18-29-44(50(41)43-27-15-14-19-36(43)3)40-31-32-49-47(33-40)45-28-16-17-30-48(45)53(49)42-25-12-7-13-26-42/h5-33H,1,34H2,2-4H3/b51-46-,52-37?. The van der Waals surface area contributed by atoms with E-state index in [1.807, 2.05) is 6.07 Å². The molecule has 0 aliphatic rings. The highest BCUT2D eigenvalue weighted by Gasteiger charge is 2.20. The number of hydrogen-bond acceptors (Lipinski definition) is 1. The summed E-state index contributed by atoms with van der Waals surface area (Å²) in [6.45, 7) is 11.0. The van der Waals surface area contributed by atoms with Crippen molar-refractivity contribution >= 4 is 33.2 Å². The third-order valence-corrected chi connectivity index (χ3v) is 10.2. The van der Waals surface area contributed by atoms with Gasteiger partial charge < -0.3 is 4.57 Å². The van der Waals surface area contributed by atoms with Crippen LogP contribution in [0.5, 0.6) is 0 Å². The third kappa shape index (κ3) is 6.56. The molecule has 0 amide bonds. The van der Waals surface area contributed by atoms with Gasteiger partial charge >= 0.3 is 0 Å². The molecule has 2 heteroatoms. The first-order valence-corrected chi connectivity index (χ1v) is 18.3. The van der Waals surface area contributed by atoms with E-state index in [-0.39, 0.29) is 0 Å². The van der Waals surface area contributed by atoms with Crippen LogP contribution in [-0.4, -0.2) is 10.3 Å². The summed E-state index contributed by atoms with van der Waals surface area (Å²) >= 11 is 0. The summed E-state index contributed by atoms with van der Waals surface area (Å²) in [6, 6.07) is 62.8. The van der Waals surface area contributed by atoms with Crippen molar-refractivity contribution < 1.29 is 0 Å². The van der Waals surface area contributed by atoms with Gasteiger partial charge in [-0.25, -0.2) is 0 Å². The molecule has 0 aliphatic carbocycles. The van der Waals surface area contributed by atoms with Crippen molar-refractivity contribution in [2.75, 3.05) is 0 Å². The van der Waals surface area contributed by atoms with E-state index in [1.165, 1.54) is 55.2 Å². The summed E-state index contributed by atoms with van der Waals surface area (Å²) in [5.41, 5.74) is 17.2. The molecule has 0 saturated heterocycles. The van der Waals surface area contributed by atoms with Crippen molar-refractivity contribution in [2.24, 2.45) is 4.99 Å². The Balaban J connectivity index is 1.35. The smallest absolute Gasteiger partial charge is 0.0743 e. The molecule has 53 heavy (non-hydrogen) atoms. The van der Waals surface area contributed by atoms with Crippen molar-refractivity contribution in [3.63, 3.8) is 0 Å². The van der Waals surface area contributed by atoms with Crippen LogP contribution in [0.4, 0.5) is 0 Å². The number of nitrogens with zero attached hydrogens (tertiary/aromatic N) is 2. The summed E-state index contributed by atoms with van der Waals surface area (Å²) in [7, 11) is 0. The number of allylic oxidation sites excluding steroid dienone is 2. The van der Waals surface area contributed by atoms with Crippen LogP contribution in [0.15, 0.2) is 199 Å². The molecule has 0 atom stereocenters. The van der Waals surface area contributed by atoms with Gasteiger partial charge in [0, 0.05) is 34.2 Å². The van der Waals surface area contributed by atoms with E-state index in [0.29, 0.717) is 6.42 Å². The summed E-state index contributed by atoms with van der Waals surface area (Å²) < 4.78 is 2.38. The quantitative estimate of drug-likeness (QED) is 0.106.